The first-order valence-electron chi connectivity index (χ1n) is 13.1. The number of amidine groups is 1. The van der Waals surface area contributed by atoms with Gasteiger partial charge in [0, 0.05) is 18.2 Å². The third-order valence-electron chi connectivity index (χ3n) is 7.98. The molecule has 4 N–H and O–H groups in total. The normalized spacial score (nSPS) is 21.1. The van der Waals surface area contributed by atoms with Gasteiger partial charge in [0.2, 0.25) is 11.6 Å². The van der Waals surface area contributed by atoms with Crippen molar-refractivity contribution in [2.75, 3.05) is 5.32 Å². The molecule has 0 spiro atoms. The van der Waals surface area contributed by atoms with Crippen LogP contribution in [0.3, 0.4) is 0 Å². The molecule has 2 aliphatic rings. The molecule has 0 amide bonds. The standard InChI is InChI=1S/C27H35N7O2/c1-16-11-13-18(14-12-16)15-34-21-24(29-17(2)19-9-6-10-19)30-26(23(28)33-36)31-25(21)32-27(34)22(35)20-7-4-3-5-8-20/h3-5,7-8,16-19,36H,6,9-15H2,1-2H3,(H2,28,33)(H,29,30,31)/t16-,17-,18-/m1/s1. The minimum atomic E-state index is -0.317. The first-order valence-corrected chi connectivity index (χ1v) is 13.1. The molecule has 0 unspecified atom stereocenters. The first kappa shape index (κ1) is 24.4. The van der Waals surface area contributed by atoms with Crippen LogP contribution in [0.15, 0.2) is 30.3 Å². The average molecular weight is 490 g/mol. The summed E-state index contributed by atoms with van der Waals surface area (Å²) in [6.07, 6.45) is 8.15. The van der Waals surface area contributed by atoms with Crippen LogP contribution in [0.4, 0.5) is 5.82 Å². The smallest absolute Gasteiger partial charge is 0.228 e. The van der Waals surface area contributed by atoms with Crippen LogP contribution in [0.2, 0.25) is 0 Å². The lowest BCUT2D eigenvalue weighted by Crippen LogP contribution is -2.32. The molecule has 36 heavy (non-hydrogen) atoms. The number of fused-ring (bicyclic) bond motifs is 1. The van der Waals surface area contributed by atoms with E-state index >= 15 is 0 Å². The van der Waals surface area contributed by atoms with E-state index in [9.17, 15) is 10.0 Å². The Labute approximate surface area is 211 Å². The summed E-state index contributed by atoms with van der Waals surface area (Å²) in [7, 11) is 0. The van der Waals surface area contributed by atoms with E-state index in [4.69, 9.17) is 10.4 Å². The van der Waals surface area contributed by atoms with E-state index in [1.165, 1.54) is 32.1 Å². The highest BCUT2D eigenvalue weighted by atomic mass is 16.5. The topological polar surface area (TPSA) is 129 Å². The summed E-state index contributed by atoms with van der Waals surface area (Å²) in [6.45, 7) is 5.12. The third kappa shape index (κ3) is 4.84. The molecule has 0 saturated heterocycles. The number of hydrogen-bond acceptors (Lipinski definition) is 7. The summed E-state index contributed by atoms with van der Waals surface area (Å²) >= 11 is 0. The van der Waals surface area contributed by atoms with Crippen molar-refractivity contribution in [3.8, 4) is 0 Å². The minimum Gasteiger partial charge on any atom is -0.365 e. The van der Waals surface area contributed by atoms with Crippen LogP contribution in [0.5, 0.6) is 0 Å². The number of nitrogens with one attached hydrogen (secondary N) is 3. The van der Waals surface area contributed by atoms with Crippen molar-refractivity contribution in [3.05, 3.63) is 47.5 Å². The van der Waals surface area contributed by atoms with Gasteiger partial charge in [-0.15, -0.1) is 0 Å². The van der Waals surface area contributed by atoms with E-state index in [2.05, 4.69) is 29.1 Å². The van der Waals surface area contributed by atoms with Gasteiger partial charge in [0.25, 0.3) is 0 Å². The number of carbonyl (C=O) groups excluding carboxylic acids is 1. The van der Waals surface area contributed by atoms with Crippen LogP contribution in [0.1, 0.15) is 80.8 Å². The van der Waals surface area contributed by atoms with E-state index in [1.807, 2.05) is 28.2 Å². The minimum absolute atomic E-state index is 0.0307. The number of aromatic nitrogens is 4. The fraction of sp³-hybridized carbons (Fsp3) is 0.519. The molecule has 2 aromatic heterocycles. The molecule has 0 aliphatic heterocycles. The van der Waals surface area contributed by atoms with Gasteiger partial charge in [0.1, 0.15) is 5.52 Å². The summed E-state index contributed by atoms with van der Waals surface area (Å²) in [5.74, 6) is 2.17. The quantitative estimate of drug-likeness (QED) is 0.155. The van der Waals surface area contributed by atoms with Gasteiger partial charge in [-0.1, -0.05) is 56.5 Å². The lowest BCUT2D eigenvalue weighted by Gasteiger charge is -2.32. The number of anilines is 1. The average Bonchev–Trinajstić information content (AvgIpc) is 3.22. The van der Waals surface area contributed by atoms with Crippen molar-refractivity contribution >= 4 is 28.6 Å². The fourth-order valence-electron chi connectivity index (χ4n) is 5.41. The number of carbonyl (C=O) groups is 1. The number of rotatable bonds is 8. The lowest BCUT2D eigenvalue weighted by molar-refractivity contribution is 0.102. The van der Waals surface area contributed by atoms with Crippen LogP contribution in [0, 0.1) is 23.2 Å². The van der Waals surface area contributed by atoms with Gasteiger partial charge in [0.15, 0.2) is 23.1 Å². The van der Waals surface area contributed by atoms with Crippen molar-refractivity contribution in [2.45, 2.75) is 71.4 Å². The van der Waals surface area contributed by atoms with Crippen LogP contribution in [0.25, 0.3) is 11.2 Å². The maximum Gasteiger partial charge on any atom is 0.228 e. The molecule has 9 heteroatoms. The second-order valence-electron chi connectivity index (χ2n) is 10.5. The highest BCUT2D eigenvalue weighted by Gasteiger charge is 2.29. The van der Waals surface area contributed by atoms with Crippen LogP contribution in [-0.2, 0) is 6.54 Å². The summed E-state index contributed by atoms with van der Waals surface area (Å²) in [5.41, 5.74) is 3.45. The maximum absolute atomic E-state index is 13.7. The molecule has 0 bridgehead atoms. The monoisotopic (exact) mass is 489 g/mol. The Kier molecular flexibility index (Phi) is 7.00. The largest absolute Gasteiger partial charge is 0.365 e. The van der Waals surface area contributed by atoms with E-state index in [0.29, 0.717) is 46.8 Å². The zero-order valence-electron chi connectivity index (χ0n) is 21.0. The molecule has 2 saturated carbocycles. The molecule has 3 aromatic rings. The van der Waals surface area contributed by atoms with Crippen LogP contribution in [-0.4, -0.2) is 42.4 Å². The Hall–Kier alpha value is -3.33. The van der Waals surface area contributed by atoms with Crippen molar-refractivity contribution in [1.82, 2.24) is 25.0 Å². The number of nitrogens with zero attached hydrogens (tertiary/aromatic N) is 4. The Bertz CT molecular complexity index is 1240. The third-order valence-corrected chi connectivity index (χ3v) is 7.98. The summed E-state index contributed by atoms with van der Waals surface area (Å²) in [4.78, 5) is 27.5. The molecule has 1 aromatic carbocycles. The van der Waals surface area contributed by atoms with Gasteiger partial charge in [-0.25, -0.2) is 20.4 Å². The Morgan fingerprint density at radius 1 is 1.11 bits per heavy atom. The fourth-order valence-corrected chi connectivity index (χ4v) is 5.41. The van der Waals surface area contributed by atoms with E-state index in [-0.39, 0.29) is 23.5 Å². The molecule has 2 aliphatic carbocycles. The number of imidazole rings is 1. The summed E-state index contributed by atoms with van der Waals surface area (Å²) < 4.78 is 2.00. The summed E-state index contributed by atoms with van der Waals surface area (Å²) in [6, 6.07) is 9.36. The SMILES string of the molecule is C[C@@H](Nc1nc(C(=N)NO)nc2nc(C(=O)c3ccccc3)n(C[C@H]3CC[C@H](C)CC3)c12)C1CCC1. The highest BCUT2D eigenvalue weighted by Crippen LogP contribution is 2.34. The molecular formula is C27H35N7O2. The molecule has 9 nitrogen and oxygen atoms in total. The number of benzene rings is 1. The van der Waals surface area contributed by atoms with Crippen LogP contribution >= 0.6 is 0 Å². The molecule has 1 atom stereocenters. The molecule has 2 heterocycles. The Morgan fingerprint density at radius 3 is 2.47 bits per heavy atom. The lowest BCUT2D eigenvalue weighted by atomic mass is 9.80. The number of hydroxylamine groups is 1. The van der Waals surface area contributed by atoms with Crippen molar-refractivity contribution in [2.24, 2.45) is 17.8 Å². The van der Waals surface area contributed by atoms with Crippen molar-refractivity contribution in [1.29, 1.82) is 5.41 Å². The predicted molar refractivity (Wildman–Crippen MR) is 138 cm³/mol. The Morgan fingerprint density at radius 2 is 1.83 bits per heavy atom. The number of hydrogen-bond donors (Lipinski definition) is 4. The molecule has 2 fully saturated rings. The zero-order chi connectivity index (χ0) is 25.2. The van der Waals surface area contributed by atoms with E-state index < -0.39 is 0 Å². The summed E-state index contributed by atoms with van der Waals surface area (Å²) in [5, 5.41) is 21.0. The first-order chi connectivity index (χ1) is 17.4. The van der Waals surface area contributed by atoms with Gasteiger partial charge < -0.3 is 9.88 Å². The van der Waals surface area contributed by atoms with E-state index in [1.54, 1.807) is 12.1 Å². The second kappa shape index (κ2) is 10.3. The molecule has 0 radical (unpaired) electrons. The van der Waals surface area contributed by atoms with Crippen molar-refractivity contribution < 1.29 is 10.0 Å². The van der Waals surface area contributed by atoms with Gasteiger partial charge in [0.05, 0.1) is 0 Å². The molecular weight excluding hydrogens is 454 g/mol. The molecule has 190 valence electrons. The van der Waals surface area contributed by atoms with E-state index in [0.717, 1.165) is 18.8 Å². The van der Waals surface area contributed by atoms with Gasteiger partial charge in [-0.2, -0.15) is 0 Å². The van der Waals surface area contributed by atoms with Gasteiger partial charge in [-0.05, 0) is 50.4 Å². The molecule has 5 rings (SSSR count). The zero-order valence-corrected chi connectivity index (χ0v) is 21.0. The number of ketones is 1. The Balaban J connectivity index is 1.64. The van der Waals surface area contributed by atoms with Gasteiger partial charge in [-0.3, -0.25) is 15.4 Å². The second-order valence-corrected chi connectivity index (χ2v) is 10.5. The maximum atomic E-state index is 13.7. The van der Waals surface area contributed by atoms with Gasteiger partial charge >= 0.3 is 0 Å². The highest BCUT2D eigenvalue weighted by molar-refractivity contribution is 6.09. The van der Waals surface area contributed by atoms with Crippen molar-refractivity contribution in [3.63, 3.8) is 0 Å². The predicted octanol–water partition coefficient (Wildman–Crippen LogP) is 4.79. The van der Waals surface area contributed by atoms with Crippen LogP contribution < -0.4 is 10.8 Å².